The van der Waals surface area contributed by atoms with Gasteiger partial charge in [0.25, 0.3) is 0 Å². The second-order valence-electron chi connectivity index (χ2n) is 9.01. The molecular formula is C23H31ClN2O4S2. The summed E-state index contributed by atoms with van der Waals surface area (Å²) in [5, 5.41) is 0. The molecule has 0 radical (unpaired) electrons. The van der Waals surface area contributed by atoms with E-state index in [1.165, 1.54) is 24.3 Å². The summed E-state index contributed by atoms with van der Waals surface area (Å²) in [5.41, 5.74) is 0.621. The third kappa shape index (κ3) is 4.75. The Balaban J connectivity index is 0.00000289. The van der Waals surface area contributed by atoms with Gasteiger partial charge in [0.1, 0.15) is 0 Å². The highest BCUT2D eigenvalue weighted by molar-refractivity contribution is 7.91. The summed E-state index contributed by atoms with van der Waals surface area (Å²) in [7, 11) is -5.57. The normalized spacial score (nSPS) is 23.8. The van der Waals surface area contributed by atoms with Crippen LogP contribution in [0.4, 0.5) is 0 Å². The lowest BCUT2D eigenvalue weighted by atomic mass is 9.99. The molecule has 176 valence electrons. The number of piperidine rings is 1. The van der Waals surface area contributed by atoms with E-state index in [2.05, 4.69) is 16.7 Å². The molecule has 0 amide bonds. The minimum atomic E-state index is -3.87. The summed E-state index contributed by atoms with van der Waals surface area (Å²) < 4.78 is 56.0. The summed E-state index contributed by atoms with van der Waals surface area (Å²) in [6.07, 6.45) is 3.76. The van der Waals surface area contributed by atoms with E-state index in [1.807, 2.05) is 13.8 Å². The lowest BCUT2D eigenvalue weighted by Crippen LogP contribution is -2.48. The maximum atomic E-state index is 13.4. The molecule has 3 atom stereocenters. The Hall–Kier alpha value is -1.45. The van der Waals surface area contributed by atoms with E-state index in [0.29, 0.717) is 17.6 Å². The fraction of sp³-hybridized carbons (Fsp3) is 0.478. The number of sulfonamides is 1. The van der Waals surface area contributed by atoms with Crippen LogP contribution in [-0.4, -0.2) is 46.9 Å². The topological polar surface area (TPSA) is 83.5 Å². The van der Waals surface area contributed by atoms with Gasteiger partial charge < -0.3 is 4.90 Å². The van der Waals surface area contributed by atoms with E-state index >= 15 is 0 Å². The second-order valence-corrected chi connectivity index (χ2v) is 12.6. The Morgan fingerprint density at radius 2 is 1.50 bits per heavy atom. The van der Waals surface area contributed by atoms with Crippen LogP contribution >= 0.6 is 12.4 Å². The molecule has 0 saturated carbocycles. The fourth-order valence-corrected chi connectivity index (χ4v) is 7.95. The van der Waals surface area contributed by atoms with Crippen LogP contribution in [0.5, 0.6) is 0 Å². The van der Waals surface area contributed by atoms with Crippen molar-refractivity contribution in [3.63, 3.8) is 0 Å². The van der Waals surface area contributed by atoms with Gasteiger partial charge in [-0.15, -0.1) is 12.4 Å². The predicted octanol–water partition coefficient (Wildman–Crippen LogP) is 3.97. The maximum Gasteiger partial charge on any atom is 0.241 e. The lowest BCUT2D eigenvalue weighted by molar-refractivity contribution is 0.157. The molecule has 1 unspecified atom stereocenters. The van der Waals surface area contributed by atoms with Crippen molar-refractivity contribution in [2.45, 2.75) is 78.3 Å². The van der Waals surface area contributed by atoms with E-state index in [0.717, 1.165) is 25.7 Å². The predicted molar refractivity (Wildman–Crippen MR) is 128 cm³/mol. The van der Waals surface area contributed by atoms with Crippen molar-refractivity contribution >= 4 is 32.3 Å². The Labute approximate surface area is 197 Å². The Bertz CT molecular complexity index is 1150. The third-order valence-electron chi connectivity index (χ3n) is 6.68. The zero-order valence-corrected chi connectivity index (χ0v) is 21.0. The summed E-state index contributed by atoms with van der Waals surface area (Å²) in [6.45, 7) is 3.82. The van der Waals surface area contributed by atoms with Crippen LogP contribution in [0.15, 0.2) is 63.2 Å². The first-order chi connectivity index (χ1) is 14.6. The average molecular weight is 499 g/mol. The molecule has 4 rings (SSSR count). The van der Waals surface area contributed by atoms with Gasteiger partial charge in [-0.25, -0.2) is 21.6 Å². The van der Waals surface area contributed by atoms with Crippen molar-refractivity contribution in [1.82, 2.24) is 9.62 Å². The van der Waals surface area contributed by atoms with E-state index in [1.54, 1.807) is 24.3 Å². The van der Waals surface area contributed by atoms with Gasteiger partial charge in [0, 0.05) is 18.1 Å². The van der Waals surface area contributed by atoms with Crippen molar-refractivity contribution in [3.05, 3.63) is 54.1 Å². The van der Waals surface area contributed by atoms with Crippen molar-refractivity contribution in [2.24, 2.45) is 0 Å². The Kier molecular flexibility index (Phi) is 7.42. The number of halogens is 1. The molecule has 2 aromatic carbocycles. The Morgan fingerprint density at radius 3 is 2.06 bits per heavy atom. The molecule has 6 nitrogen and oxygen atoms in total. The number of hydrogen-bond acceptors (Lipinski definition) is 5. The number of rotatable bonds is 6. The minimum Gasteiger partial charge on any atom is -0.300 e. The molecule has 1 N–H and O–H groups in total. The van der Waals surface area contributed by atoms with Crippen LogP contribution in [0.2, 0.25) is 0 Å². The number of nitrogens with zero attached hydrogens (tertiary/aromatic N) is 1. The van der Waals surface area contributed by atoms with Gasteiger partial charge in [-0.3, -0.25) is 0 Å². The van der Waals surface area contributed by atoms with Crippen LogP contribution in [-0.2, 0) is 19.9 Å². The van der Waals surface area contributed by atoms with E-state index in [9.17, 15) is 16.8 Å². The number of nitrogens with one attached hydrogen (secondary N) is 1. The van der Waals surface area contributed by atoms with Crippen molar-refractivity contribution in [1.29, 1.82) is 0 Å². The summed E-state index contributed by atoms with van der Waals surface area (Å²) in [5.74, 6) is -0.0614. The average Bonchev–Trinajstić information content (AvgIpc) is 2.94. The molecule has 0 spiro atoms. The van der Waals surface area contributed by atoms with Crippen LogP contribution in [0, 0.1) is 0 Å². The number of benzene rings is 2. The van der Waals surface area contributed by atoms with Crippen LogP contribution in [0.25, 0.3) is 0 Å². The monoisotopic (exact) mass is 498 g/mol. The first kappa shape index (κ1) is 25.2. The largest absolute Gasteiger partial charge is 0.300 e. The summed E-state index contributed by atoms with van der Waals surface area (Å²) in [6, 6.07) is 13.2. The van der Waals surface area contributed by atoms with Crippen LogP contribution in [0.1, 0.15) is 51.0 Å². The van der Waals surface area contributed by atoms with Crippen LogP contribution < -0.4 is 4.72 Å². The van der Waals surface area contributed by atoms with E-state index in [4.69, 9.17) is 0 Å². The standard InChI is InChI=1S/C23H30N2O4S2.ClH/c1-16(2)22-12-11-21(30(26,27)20-7-5-4-6-8-20)15-23(22)31(28,29)24-17-13-18-9-10-19(14-17)25(18)3;/h4-8,11-12,15-19,24H,9-10,13-14H2,1-3H3;1H/t17?,18-,19+;. The van der Waals surface area contributed by atoms with Gasteiger partial charge in [-0.1, -0.05) is 38.1 Å². The zero-order valence-electron chi connectivity index (χ0n) is 18.6. The molecule has 9 heteroatoms. The number of sulfone groups is 1. The molecule has 2 saturated heterocycles. The molecule has 2 fully saturated rings. The lowest BCUT2D eigenvalue weighted by Gasteiger charge is -2.36. The molecule has 2 aliphatic rings. The molecule has 2 aromatic rings. The van der Waals surface area contributed by atoms with Crippen molar-refractivity contribution in [3.8, 4) is 0 Å². The first-order valence-corrected chi connectivity index (χ1v) is 13.7. The van der Waals surface area contributed by atoms with Gasteiger partial charge >= 0.3 is 0 Å². The van der Waals surface area contributed by atoms with Gasteiger partial charge in [0.15, 0.2) is 0 Å². The third-order valence-corrected chi connectivity index (χ3v) is 10.0. The van der Waals surface area contributed by atoms with Crippen molar-refractivity contribution < 1.29 is 16.8 Å². The smallest absolute Gasteiger partial charge is 0.241 e. The SMILES string of the molecule is CC(C)c1ccc(S(=O)(=O)c2ccccc2)cc1S(=O)(=O)NC1C[C@H]2CC[C@@H](C1)N2C.Cl. The summed E-state index contributed by atoms with van der Waals surface area (Å²) >= 11 is 0. The molecule has 2 heterocycles. The van der Waals surface area contributed by atoms with E-state index < -0.39 is 19.9 Å². The van der Waals surface area contributed by atoms with Crippen LogP contribution in [0.3, 0.4) is 0 Å². The molecule has 32 heavy (non-hydrogen) atoms. The maximum absolute atomic E-state index is 13.4. The molecule has 2 aliphatic heterocycles. The van der Waals surface area contributed by atoms with Gasteiger partial charge in [0.2, 0.25) is 19.9 Å². The van der Waals surface area contributed by atoms with E-state index in [-0.39, 0.29) is 39.1 Å². The fourth-order valence-electron chi connectivity index (χ4n) is 4.92. The first-order valence-electron chi connectivity index (χ1n) is 10.8. The quantitative estimate of drug-likeness (QED) is 0.651. The number of fused-ring (bicyclic) bond motifs is 2. The Morgan fingerprint density at radius 1 is 0.906 bits per heavy atom. The van der Waals surface area contributed by atoms with Gasteiger partial charge in [0.05, 0.1) is 14.7 Å². The van der Waals surface area contributed by atoms with Gasteiger partial charge in [-0.05, 0) is 68.5 Å². The van der Waals surface area contributed by atoms with Gasteiger partial charge in [-0.2, -0.15) is 0 Å². The summed E-state index contributed by atoms with van der Waals surface area (Å²) in [4.78, 5) is 2.56. The zero-order chi connectivity index (χ0) is 22.4. The highest BCUT2D eigenvalue weighted by Crippen LogP contribution is 2.35. The minimum absolute atomic E-state index is 0. The second kappa shape index (κ2) is 9.43. The molecule has 0 aromatic heterocycles. The molecule has 0 aliphatic carbocycles. The molecular weight excluding hydrogens is 468 g/mol. The van der Waals surface area contributed by atoms with Crippen molar-refractivity contribution in [2.75, 3.05) is 7.05 Å². The number of hydrogen-bond donors (Lipinski definition) is 1. The highest BCUT2D eigenvalue weighted by Gasteiger charge is 2.40. The highest BCUT2D eigenvalue weighted by atomic mass is 35.5. The molecule has 2 bridgehead atoms.